The van der Waals surface area contributed by atoms with Crippen LogP contribution in [0.5, 0.6) is 0 Å². The highest BCUT2D eigenvalue weighted by Gasteiger charge is 2.43. The maximum absolute atomic E-state index is 12.5. The Labute approximate surface area is 120 Å². The van der Waals surface area contributed by atoms with Crippen LogP contribution in [-0.4, -0.2) is 45.0 Å². The van der Waals surface area contributed by atoms with Crippen molar-refractivity contribution in [1.82, 2.24) is 9.88 Å². The van der Waals surface area contributed by atoms with E-state index in [1.54, 1.807) is 5.38 Å². The molecule has 3 heterocycles. The van der Waals surface area contributed by atoms with Crippen molar-refractivity contribution in [3.05, 3.63) is 11.1 Å². The fourth-order valence-electron chi connectivity index (χ4n) is 3.19. The number of carbonyl (C=O) groups is 2. The van der Waals surface area contributed by atoms with E-state index < -0.39 is 0 Å². The van der Waals surface area contributed by atoms with E-state index in [0.717, 1.165) is 12.8 Å². The van der Waals surface area contributed by atoms with Gasteiger partial charge in [0, 0.05) is 24.4 Å². The number of nitrogens with zero attached hydrogens (tertiary/aromatic N) is 2. The normalized spacial score (nSPS) is 28.5. The molecule has 2 N–H and O–H groups in total. The number of thiazole rings is 1. The van der Waals surface area contributed by atoms with Gasteiger partial charge in [0.25, 0.3) is 5.91 Å². The number of carbonyl (C=O) groups excluding carboxylic acids is 2. The van der Waals surface area contributed by atoms with Gasteiger partial charge in [-0.3, -0.25) is 9.59 Å². The number of amides is 2. The van der Waals surface area contributed by atoms with E-state index in [0.29, 0.717) is 23.7 Å². The monoisotopic (exact) mass is 295 g/mol. The molecular weight excluding hydrogens is 278 g/mol. The Hall–Kier alpha value is -1.47. The molecule has 7 heteroatoms. The molecule has 2 amide bonds. The van der Waals surface area contributed by atoms with Gasteiger partial charge < -0.3 is 15.3 Å². The van der Waals surface area contributed by atoms with Gasteiger partial charge in [-0.15, -0.1) is 11.3 Å². The SMILES string of the molecule is CC(=O)Nc1nc(C(=O)N2C3CCC2CC(O)C3)cs1. The second-order valence-electron chi connectivity index (χ2n) is 5.44. The molecule has 0 aliphatic carbocycles. The Bertz CT molecular complexity index is 531. The number of aliphatic hydroxyl groups excluding tert-OH is 1. The van der Waals surface area contributed by atoms with Crippen molar-refractivity contribution in [3.8, 4) is 0 Å². The van der Waals surface area contributed by atoms with E-state index in [-0.39, 0.29) is 30.0 Å². The zero-order valence-corrected chi connectivity index (χ0v) is 12.0. The van der Waals surface area contributed by atoms with Gasteiger partial charge in [-0.2, -0.15) is 0 Å². The summed E-state index contributed by atoms with van der Waals surface area (Å²) >= 11 is 1.25. The molecule has 2 atom stereocenters. The van der Waals surface area contributed by atoms with Crippen LogP contribution >= 0.6 is 11.3 Å². The standard InChI is InChI=1S/C13H17N3O3S/c1-7(17)14-13-15-11(6-20-13)12(19)16-8-2-3-9(16)5-10(18)4-8/h6,8-10,18H,2-5H2,1H3,(H,14,15,17). The Balaban J connectivity index is 1.76. The minimum Gasteiger partial charge on any atom is -0.393 e. The minimum atomic E-state index is -0.290. The molecule has 3 rings (SSSR count). The van der Waals surface area contributed by atoms with Crippen LogP contribution in [0.3, 0.4) is 0 Å². The number of aromatic nitrogens is 1. The van der Waals surface area contributed by atoms with Crippen LogP contribution in [0.4, 0.5) is 5.13 Å². The van der Waals surface area contributed by atoms with E-state index in [1.165, 1.54) is 18.3 Å². The van der Waals surface area contributed by atoms with Crippen LogP contribution in [0.15, 0.2) is 5.38 Å². The van der Waals surface area contributed by atoms with Crippen LogP contribution in [0.1, 0.15) is 43.1 Å². The molecule has 2 fully saturated rings. The van der Waals surface area contributed by atoms with Crippen molar-refractivity contribution in [3.63, 3.8) is 0 Å². The number of piperidine rings is 1. The summed E-state index contributed by atoms with van der Waals surface area (Å²) in [5.74, 6) is -0.281. The zero-order chi connectivity index (χ0) is 14.3. The van der Waals surface area contributed by atoms with E-state index in [1.807, 2.05) is 4.90 Å². The topological polar surface area (TPSA) is 82.5 Å². The average Bonchev–Trinajstić information content (AvgIpc) is 2.92. The van der Waals surface area contributed by atoms with Gasteiger partial charge in [0.1, 0.15) is 5.69 Å². The first-order valence-corrected chi connectivity index (χ1v) is 7.66. The van der Waals surface area contributed by atoms with Gasteiger partial charge in [0.15, 0.2) is 5.13 Å². The van der Waals surface area contributed by atoms with E-state index in [4.69, 9.17) is 0 Å². The van der Waals surface area contributed by atoms with Crippen molar-refractivity contribution < 1.29 is 14.7 Å². The van der Waals surface area contributed by atoms with Crippen molar-refractivity contribution in [2.45, 2.75) is 50.8 Å². The molecule has 0 aromatic carbocycles. The lowest BCUT2D eigenvalue weighted by molar-refractivity contribution is -0.114. The average molecular weight is 295 g/mol. The predicted octanol–water partition coefficient (Wildman–Crippen LogP) is 1.23. The number of fused-ring (bicyclic) bond motifs is 2. The van der Waals surface area contributed by atoms with Gasteiger partial charge in [0.05, 0.1) is 6.10 Å². The number of anilines is 1. The van der Waals surface area contributed by atoms with Gasteiger partial charge >= 0.3 is 0 Å². The summed E-state index contributed by atoms with van der Waals surface area (Å²) in [5, 5.41) is 14.5. The minimum absolute atomic E-state index is 0.0859. The Morgan fingerprint density at radius 1 is 1.40 bits per heavy atom. The van der Waals surface area contributed by atoms with Crippen LogP contribution in [0, 0.1) is 0 Å². The third kappa shape index (κ3) is 2.43. The molecule has 2 aliphatic heterocycles. The van der Waals surface area contributed by atoms with Gasteiger partial charge in [-0.05, 0) is 25.7 Å². The summed E-state index contributed by atoms with van der Waals surface area (Å²) in [7, 11) is 0. The van der Waals surface area contributed by atoms with E-state index in [9.17, 15) is 14.7 Å². The first-order valence-electron chi connectivity index (χ1n) is 6.78. The molecule has 2 saturated heterocycles. The molecule has 2 bridgehead atoms. The van der Waals surface area contributed by atoms with Crippen molar-refractivity contribution in [1.29, 1.82) is 0 Å². The van der Waals surface area contributed by atoms with Crippen molar-refractivity contribution in [2.75, 3.05) is 5.32 Å². The second kappa shape index (κ2) is 5.14. The third-order valence-electron chi connectivity index (χ3n) is 3.95. The fourth-order valence-corrected chi connectivity index (χ4v) is 3.92. The van der Waals surface area contributed by atoms with Gasteiger partial charge in [-0.1, -0.05) is 0 Å². The molecule has 20 heavy (non-hydrogen) atoms. The number of rotatable bonds is 2. The summed E-state index contributed by atoms with van der Waals surface area (Å²) < 4.78 is 0. The largest absolute Gasteiger partial charge is 0.393 e. The number of nitrogens with one attached hydrogen (secondary N) is 1. The summed E-state index contributed by atoms with van der Waals surface area (Å²) in [6.07, 6.45) is 2.93. The van der Waals surface area contributed by atoms with E-state index >= 15 is 0 Å². The number of hydrogen-bond donors (Lipinski definition) is 2. The molecule has 0 radical (unpaired) electrons. The number of aliphatic hydroxyl groups is 1. The maximum Gasteiger partial charge on any atom is 0.273 e. The number of hydrogen-bond acceptors (Lipinski definition) is 5. The van der Waals surface area contributed by atoms with Crippen molar-refractivity contribution in [2.24, 2.45) is 0 Å². The fraction of sp³-hybridized carbons (Fsp3) is 0.615. The molecule has 1 aromatic heterocycles. The first-order chi connectivity index (χ1) is 9.54. The molecular formula is C13H17N3O3S. The summed E-state index contributed by atoms with van der Waals surface area (Å²) in [5.41, 5.74) is 0.382. The molecule has 6 nitrogen and oxygen atoms in total. The quantitative estimate of drug-likeness (QED) is 0.859. The smallest absolute Gasteiger partial charge is 0.273 e. The lowest BCUT2D eigenvalue weighted by Gasteiger charge is -2.36. The molecule has 2 aliphatic rings. The molecule has 0 saturated carbocycles. The highest BCUT2D eigenvalue weighted by atomic mass is 32.1. The molecule has 0 spiro atoms. The summed E-state index contributed by atoms with van der Waals surface area (Å²) in [6.45, 7) is 1.41. The summed E-state index contributed by atoms with van der Waals surface area (Å²) in [6, 6.07) is 0.254. The highest BCUT2D eigenvalue weighted by molar-refractivity contribution is 7.14. The van der Waals surface area contributed by atoms with Crippen LogP contribution in [0.25, 0.3) is 0 Å². The Kier molecular flexibility index (Phi) is 3.47. The van der Waals surface area contributed by atoms with Crippen LogP contribution in [-0.2, 0) is 4.79 Å². The molecule has 2 unspecified atom stereocenters. The maximum atomic E-state index is 12.5. The Morgan fingerprint density at radius 3 is 2.65 bits per heavy atom. The molecule has 108 valence electrons. The van der Waals surface area contributed by atoms with Crippen LogP contribution < -0.4 is 5.32 Å². The van der Waals surface area contributed by atoms with Crippen LogP contribution in [0.2, 0.25) is 0 Å². The summed E-state index contributed by atoms with van der Waals surface area (Å²) in [4.78, 5) is 29.6. The van der Waals surface area contributed by atoms with Gasteiger partial charge in [-0.25, -0.2) is 4.98 Å². The highest BCUT2D eigenvalue weighted by Crippen LogP contribution is 2.36. The third-order valence-corrected chi connectivity index (χ3v) is 4.71. The van der Waals surface area contributed by atoms with Gasteiger partial charge in [0.2, 0.25) is 5.91 Å². The second-order valence-corrected chi connectivity index (χ2v) is 6.30. The zero-order valence-electron chi connectivity index (χ0n) is 11.2. The first kappa shape index (κ1) is 13.5. The van der Waals surface area contributed by atoms with E-state index in [2.05, 4.69) is 10.3 Å². The lowest BCUT2D eigenvalue weighted by atomic mass is 9.99. The van der Waals surface area contributed by atoms with Crippen molar-refractivity contribution >= 4 is 28.3 Å². The molecule has 1 aromatic rings. The lowest BCUT2D eigenvalue weighted by Crippen LogP contribution is -2.48. The predicted molar refractivity (Wildman–Crippen MR) is 74.6 cm³/mol. The Morgan fingerprint density at radius 2 is 2.05 bits per heavy atom.